The fraction of sp³-hybridized carbons (Fsp3) is 0.0476. The molecule has 0 N–H and O–H groups in total. The summed E-state index contributed by atoms with van der Waals surface area (Å²) in [5.74, 6) is 0. The van der Waals surface area contributed by atoms with Crippen molar-refractivity contribution < 1.29 is 17.1 Å². The van der Waals surface area contributed by atoms with Crippen LogP contribution in [0.4, 0.5) is 0 Å². The summed E-state index contributed by atoms with van der Waals surface area (Å²) in [7, 11) is 0. The summed E-state index contributed by atoms with van der Waals surface area (Å²) in [5, 5.41) is 8.34. The molecule has 3 nitrogen and oxygen atoms in total. The van der Waals surface area contributed by atoms with Gasteiger partial charge in [0.05, 0.1) is 6.54 Å². The van der Waals surface area contributed by atoms with Crippen molar-refractivity contribution in [3.63, 3.8) is 0 Å². The minimum atomic E-state index is 0. The number of rotatable bonds is 4. The fourth-order valence-electron chi connectivity index (χ4n) is 2.32. The van der Waals surface area contributed by atoms with E-state index in [2.05, 4.69) is 41.2 Å². The van der Waals surface area contributed by atoms with Gasteiger partial charge in [0.1, 0.15) is 0 Å². The number of nitrogens with zero attached hydrogens (tertiary/aromatic N) is 3. The fourth-order valence-corrected chi connectivity index (χ4v) is 2.32. The first kappa shape index (κ1) is 18.7. The van der Waals surface area contributed by atoms with Crippen molar-refractivity contribution in [3.8, 4) is 11.3 Å². The van der Waals surface area contributed by atoms with E-state index in [4.69, 9.17) is 0 Å². The number of aromatic nitrogens is 3. The molecule has 0 saturated carbocycles. The Balaban J connectivity index is 0.000000325. The Kier molecular flexibility index (Phi) is 7.15. The predicted octanol–water partition coefficient (Wildman–Crippen LogP) is 4.76. The molecule has 1 aromatic heterocycles. The van der Waals surface area contributed by atoms with Crippen LogP contribution in [0.15, 0.2) is 91.6 Å². The maximum absolute atomic E-state index is 4.19. The van der Waals surface area contributed by atoms with Crippen LogP contribution in [0.2, 0.25) is 0 Å². The van der Waals surface area contributed by atoms with Crippen molar-refractivity contribution in [3.05, 3.63) is 103 Å². The van der Waals surface area contributed by atoms with E-state index in [0.717, 1.165) is 23.4 Å². The Morgan fingerprint density at radius 2 is 1.60 bits per heavy atom. The molecule has 4 rings (SSSR count). The van der Waals surface area contributed by atoms with E-state index in [9.17, 15) is 0 Å². The molecule has 4 aromatic rings. The second-order valence-electron chi connectivity index (χ2n) is 5.38. The minimum Gasteiger partial charge on any atom is -0.748 e. The average molecular weight is 369 g/mol. The first-order valence-corrected chi connectivity index (χ1v) is 7.85. The molecule has 4 heteroatoms. The maximum atomic E-state index is 4.19. The SMILES string of the molecule is C=Cc1ccc(Cn2cc(-[c-]3cccc3)nn2)cc1.[Fe].[cH-]1[cH-][cH-][cH-][cH-]1. The molecule has 0 spiro atoms. The predicted molar refractivity (Wildman–Crippen MR) is 98.7 cm³/mol. The molecule has 0 amide bonds. The van der Waals surface area contributed by atoms with Gasteiger partial charge in [0.25, 0.3) is 0 Å². The molecular formula is C21H19FeN3-6. The smallest absolute Gasteiger partial charge is 0.0578 e. The summed E-state index contributed by atoms with van der Waals surface area (Å²) in [6.07, 6.45) is 3.81. The summed E-state index contributed by atoms with van der Waals surface area (Å²) in [6.45, 7) is 4.48. The largest absolute Gasteiger partial charge is 0.748 e. The van der Waals surface area contributed by atoms with E-state index in [1.807, 2.05) is 71.6 Å². The monoisotopic (exact) mass is 369 g/mol. The molecule has 25 heavy (non-hydrogen) atoms. The van der Waals surface area contributed by atoms with Gasteiger partial charge in [-0.2, -0.15) is 17.2 Å². The van der Waals surface area contributed by atoms with Crippen molar-refractivity contribution in [1.82, 2.24) is 15.0 Å². The van der Waals surface area contributed by atoms with Crippen LogP contribution in [0.5, 0.6) is 0 Å². The van der Waals surface area contributed by atoms with Gasteiger partial charge in [0.15, 0.2) is 0 Å². The topological polar surface area (TPSA) is 30.7 Å². The van der Waals surface area contributed by atoms with Crippen LogP contribution in [0, 0.1) is 0 Å². The van der Waals surface area contributed by atoms with E-state index in [-0.39, 0.29) is 17.1 Å². The van der Waals surface area contributed by atoms with Crippen LogP contribution >= 0.6 is 0 Å². The Morgan fingerprint density at radius 3 is 2.16 bits per heavy atom. The Bertz CT molecular complexity index is 824. The zero-order valence-corrected chi connectivity index (χ0v) is 14.9. The molecule has 3 aromatic carbocycles. The molecule has 0 radical (unpaired) electrons. The van der Waals surface area contributed by atoms with Gasteiger partial charge in [-0.3, -0.25) is 4.68 Å². The molecule has 0 unspecified atom stereocenters. The molecule has 0 bridgehead atoms. The Hall–Kier alpha value is -2.68. The van der Waals surface area contributed by atoms with E-state index < -0.39 is 0 Å². The van der Waals surface area contributed by atoms with Crippen molar-refractivity contribution >= 4 is 6.08 Å². The van der Waals surface area contributed by atoms with Gasteiger partial charge in [-0.1, -0.05) is 47.7 Å². The second kappa shape index (κ2) is 9.58. The van der Waals surface area contributed by atoms with E-state index >= 15 is 0 Å². The summed E-state index contributed by atoms with van der Waals surface area (Å²) in [6, 6.07) is 26.3. The molecule has 132 valence electrons. The molecule has 0 aliphatic carbocycles. The van der Waals surface area contributed by atoms with E-state index in [1.165, 1.54) is 5.56 Å². The third-order valence-electron chi connectivity index (χ3n) is 3.61. The number of benzene rings is 1. The third kappa shape index (κ3) is 5.42. The second-order valence-corrected chi connectivity index (χ2v) is 5.38. The molecule has 0 aliphatic heterocycles. The van der Waals surface area contributed by atoms with E-state index in [0.29, 0.717) is 0 Å². The molecular weight excluding hydrogens is 350 g/mol. The zero-order chi connectivity index (χ0) is 16.6. The number of hydrogen-bond donors (Lipinski definition) is 0. The van der Waals surface area contributed by atoms with Gasteiger partial charge in [-0.25, -0.2) is 0 Å². The van der Waals surface area contributed by atoms with Crippen LogP contribution in [-0.4, -0.2) is 15.0 Å². The first-order valence-electron chi connectivity index (χ1n) is 7.85. The maximum Gasteiger partial charge on any atom is 0.0578 e. The van der Waals surface area contributed by atoms with Gasteiger partial charge in [-0.15, -0.1) is 12.1 Å². The van der Waals surface area contributed by atoms with Crippen molar-refractivity contribution in [2.45, 2.75) is 6.54 Å². The van der Waals surface area contributed by atoms with Crippen molar-refractivity contribution in [1.29, 1.82) is 0 Å². The summed E-state index contributed by atoms with van der Waals surface area (Å²) < 4.78 is 1.85. The van der Waals surface area contributed by atoms with Gasteiger partial charge >= 0.3 is 0 Å². The average Bonchev–Trinajstić information content (AvgIpc) is 3.38. The molecule has 0 fully saturated rings. The zero-order valence-electron chi connectivity index (χ0n) is 13.8. The molecule has 1 heterocycles. The van der Waals surface area contributed by atoms with Gasteiger partial charge in [0.2, 0.25) is 0 Å². The number of hydrogen-bond acceptors (Lipinski definition) is 2. The van der Waals surface area contributed by atoms with Gasteiger partial charge in [0, 0.05) is 22.8 Å². The van der Waals surface area contributed by atoms with Gasteiger partial charge in [-0.05, 0) is 17.3 Å². The van der Waals surface area contributed by atoms with E-state index in [1.54, 1.807) is 0 Å². The Morgan fingerprint density at radius 1 is 1.00 bits per heavy atom. The molecule has 0 atom stereocenters. The molecule has 0 saturated heterocycles. The van der Waals surface area contributed by atoms with Crippen LogP contribution in [0.25, 0.3) is 17.3 Å². The minimum absolute atomic E-state index is 0. The third-order valence-corrected chi connectivity index (χ3v) is 3.61. The Labute approximate surface area is 158 Å². The summed E-state index contributed by atoms with van der Waals surface area (Å²) in [5.41, 5.74) is 4.34. The standard InChI is InChI=1S/C16H14N3.C5H5.Fe/c1-2-13-7-9-14(10-8-13)11-19-12-16(17-18-19)15-5-3-4-6-15;1-2-4-5-3-1;/h2-10,12H,1,11H2;1-5H;/q-1;-5;. The van der Waals surface area contributed by atoms with Gasteiger partial charge < -0.3 is 30.3 Å². The summed E-state index contributed by atoms with van der Waals surface area (Å²) >= 11 is 0. The van der Waals surface area contributed by atoms with Crippen LogP contribution in [0.3, 0.4) is 0 Å². The van der Waals surface area contributed by atoms with Crippen molar-refractivity contribution in [2.75, 3.05) is 0 Å². The van der Waals surface area contributed by atoms with Crippen molar-refractivity contribution in [2.24, 2.45) is 0 Å². The quantitative estimate of drug-likeness (QED) is 0.384. The van der Waals surface area contributed by atoms with Crippen LogP contribution < -0.4 is 0 Å². The normalized spacial score (nSPS) is 9.60. The molecule has 0 aliphatic rings. The van der Waals surface area contributed by atoms with Crippen LogP contribution in [0.1, 0.15) is 11.1 Å². The summed E-state index contributed by atoms with van der Waals surface area (Å²) in [4.78, 5) is 0. The van der Waals surface area contributed by atoms with Crippen LogP contribution in [-0.2, 0) is 23.6 Å². The first-order chi connectivity index (χ1) is 11.8.